The number of amides is 2. The number of carbonyl (C=O) groups excluding carboxylic acids is 1. The van der Waals surface area contributed by atoms with Crippen LogP contribution in [0.4, 0.5) is 4.79 Å². The summed E-state index contributed by atoms with van der Waals surface area (Å²) >= 11 is 1.62. The van der Waals surface area contributed by atoms with Crippen molar-refractivity contribution in [1.82, 2.24) is 20.1 Å². The summed E-state index contributed by atoms with van der Waals surface area (Å²) in [5.41, 5.74) is 0. The zero-order valence-electron chi connectivity index (χ0n) is 12.6. The van der Waals surface area contributed by atoms with E-state index < -0.39 is 0 Å². The Morgan fingerprint density at radius 3 is 3.00 bits per heavy atom. The highest BCUT2D eigenvalue weighted by Crippen LogP contribution is 2.28. The van der Waals surface area contributed by atoms with E-state index in [4.69, 9.17) is 0 Å². The van der Waals surface area contributed by atoms with Gasteiger partial charge in [0.05, 0.1) is 6.54 Å². The summed E-state index contributed by atoms with van der Waals surface area (Å²) in [6, 6.07) is 0.507. The molecule has 1 aromatic rings. The van der Waals surface area contributed by atoms with Gasteiger partial charge in [0.15, 0.2) is 0 Å². The fraction of sp³-hybridized carbons (Fsp3) is 0.733. The van der Waals surface area contributed by atoms with Crippen LogP contribution in [0.2, 0.25) is 0 Å². The molecular weight excluding hydrogens is 284 g/mol. The first-order chi connectivity index (χ1) is 10.3. The predicted molar refractivity (Wildman–Crippen MR) is 84.3 cm³/mol. The molecule has 1 atom stereocenters. The Balaban J connectivity index is 1.48. The maximum Gasteiger partial charge on any atom is 0.318 e. The third kappa shape index (κ3) is 3.95. The van der Waals surface area contributed by atoms with Crippen LogP contribution >= 0.6 is 11.3 Å². The first kappa shape index (κ1) is 14.8. The highest BCUT2D eigenvalue weighted by Gasteiger charge is 2.33. The lowest BCUT2D eigenvalue weighted by Crippen LogP contribution is -2.43. The normalized spacial score (nSPS) is 22.4. The standard InChI is InChI=1S/C15H24N4OS/c1-2-18-7-5-12(10-18)9-17-15(20)19(13-3-4-13)11-14-16-6-8-21-14/h6,8,12-13H,2-5,7,9-11H2,1H3,(H,17,20)/t12-/m0/s1. The molecule has 1 N–H and O–H groups in total. The molecule has 21 heavy (non-hydrogen) atoms. The lowest BCUT2D eigenvalue weighted by Gasteiger charge is -2.23. The number of hydrogen-bond acceptors (Lipinski definition) is 4. The van der Waals surface area contributed by atoms with Crippen LogP contribution in [0.15, 0.2) is 11.6 Å². The van der Waals surface area contributed by atoms with Gasteiger partial charge in [-0.25, -0.2) is 9.78 Å². The number of hydrogen-bond donors (Lipinski definition) is 1. The molecule has 0 bridgehead atoms. The van der Waals surface area contributed by atoms with Crippen LogP contribution in [0.25, 0.3) is 0 Å². The molecule has 2 fully saturated rings. The summed E-state index contributed by atoms with van der Waals surface area (Å²) in [6.45, 7) is 7.05. The number of nitrogens with zero attached hydrogens (tertiary/aromatic N) is 3. The highest BCUT2D eigenvalue weighted by atomic mass is 32.1. The first-order valence-electron chi connectivity index (χ1n) is 7.91. The molecule has 2 amide bonds. The van der Waals surface area contributed by atoms with Crippen LogP contribution in [-0.2, 0) is 6.54 Å². The molecule has 1 saturated heterocycles. The van der Waals surface area contributed by atoms with Gasteiger partial charge in [-0.15, -0.1) is 11.3 Å². The van der Waals surface area contributed by atoms with Crippen LogP contribution in [0, 0.1) is 5.92 Å². The zero-order valence-corrected chi connectivity index (χ0v) is 13.4. The van der Waals surface area contributed by atoms with Crippen molar-refractivity contribution in [3.63, 3.8) is 0 Å². The average Bonchev–Trinajstić information content (AvgIpc) is 3.03. The van der Waals surface area contributed by atoms with E-state index in [0.29, 0.717) is 18.5 Å². The van der Waals surface area contributed by atoms with Crippen molar-refractivity contribution in [2.24, 2.45) is 5.92 Å². The Hall–Kier alpha value is -1.14. The highest BCUT2D eigenvalue weighted by molar-refractivity contribution is 7.09. The minimum atomic E-state index is 0.0858. The van der Waals surface area contributed by atoms with Gasteiger partial charge in [0.2, 0.25) is 0 Å². The van der Waals surface area contributed by atoms with Gasteiger partial charge in [0.25, 0.3) is 0 Å². The van der Waals surface area contributed by atoms with Crippen molar-refractivity contribution in [3.05, 3.63) is 16.6 Å². The van der Waals surface area contributed by atoms with Crippen LogP contribution in [0.5, 0.6) is 0 Å². The number of carbonyl (C=O) groups is 1. The number of likely N-dealkylation sites (tertiary alicyclic amines) is 1. The van der Waals surface area contributed by atoms with Crippen molar-refractivity contribution in [3.8, 4) is 0 Å². The van der Waals surface area contributed by atoms with Gasteiger partial charge < -0.3 is 15.1 Å². The van der Waals surface area contributed by atoms with Crippen molar-refractivity contribution in [1.29, 1.82) is 0 Å². The van der Waals surface area contributed by atoms with E-state index in [0.717, 1.165) is 37.5 Å². The Labute approximate surface area is 130 Å². The molecule has 6 heteroatoms. The molecule has 0 spiro atoms. The van der Waals surface area contributed by atoms with Crippen molar-refractivity contribution < 1.29 is 4.79 Å². The van der Waals surface area contributed by atoms with Gasteiger partial charge in [-0.1, -0.05) is 6.92 Å². The van der Waals surface area contributed by atoms with Crippen LogP contribution < -0.4 is 5.32 Å². The molecule has 1 aliphatic heterocycles. The van der Waals surface area contributed by atoms with Crippen LogP contribution in [0.1, 0.15) is 31.2 Å². The quantitative estimate of drug-likeness (QED) is 0.876. The molecule has 2 aliphatic rings. The van der Waals surface area contributed by atoms with E-state index in [2.05, 4.69) is 22.1 Å². The van der Waals surface area contributed by atoms with Gasteiger partial charge in [0, 0.05) is 30.7 Å². The van der Waals surface area contributed by atoms with Gasteiger partial charge >= 0.3 is 6.03 Å². The maximum absolute atomic E-state index is 12.4. The topological polar surface area (TPSA) is 48.5 Å². The van der Waals surface area contributed by atoms with E-state index in [-0.39, 0.29) is 6.03 Å². The third-order valence-corrected chi connectivity index (χ3v) is 5.16. The lowest BCUT2D eigenvalue weighted by atomic mass is 10.1. The molecule has 116 valence electrons. The smallest absolute Gasteiger partial charge is 0.318 e. The van der Waals surface area contributed by atoms with Crippen LogP contribution in [0.3, 0.4) is 0 Å². The molecule has 1 aromatic heterocycles. The Bertz CT molecular complexity index is 460. The van der Waals surface area contributed by atoms with E-state index in [1.54, 1.807) is 17.5 Å². The summed E-state index contributed by atoms with van der Waals surface area (Å²) in [6.07, 6.45) is 5.27. The van der Waals surface area contributed by atoms with Crippen molar-refractivity contribution >= 4 is 17.4 Å². The first-order valence-corrected chi connectivity index (χ1v) is 8.79. The number of aromatic nitrogens is 1. The maximum atomic E-state index is 12.4. The van der Waals surface area contributed by atoms with E-state index in [1.807, 2.05) is 10.3 Å². The summed E-state index contributed by atoms with van der Waals surface area (Å²) in [7, 11) is 0. The molecule has 0 aromatic carbocycles. The molecular formula is C15H24N4OS. The Morgan fingerprint density at radius 1 is 1.52 bits per heavy atom. The number of nitrogens with one attached hydrogen (secondary N) is 1. The minimum absolute atomic E-state index is 0.0858. The molecule has 1 saturated carbocycles. The summed E-state index contributed by atoms with van der Waals surface area (Å²) in [5, 5.41) is 6.13. The van der Waals surface area contributed by atoms with Gasteiger partial charge in [-0.3, -0.25) is 0 Å². The van der Waals surface area contributed by atoms with Gasteiger partial charge in [-0.05, 0) is 38.3 Å². The van der Waals surface area contributed by atoms with E-state index >= 15 is 0 Å². The Morgan fingerprint density at radius 2 is 2.38 bits per heavy atom. The van der Waals surface area contributed by atoms with Crippen LogP contribution in [-0.4, -0.2) is 53.0 Å². The second kappa shape index (κ2) is 6.75. The van der Waals surface area contributed by atoms with Crippen molar-refractivity contribution in [2.75, 3.05) is 26.2 Å². The predicted octanol–water partition coefficient (Wildman–Crippen LogP) is 2.16. The molecule has 2 heterocycles. The van der Waals surface area contributed by atoms with Crippen molar-refractivity contribution in [2.45, 2.75) is 38.8 Å². The monoisotopic (exact) mass is 308 g/mol. The summed E-state index contributed by atoms with van der Waals surface area (Å²) in [4.78, 5) is 21.1. The fourth-order valence-corrected chi connectivity index (χ4v) is 3.54. The molecule has 0 radical (unpaired) electrons. The second-order valence-electron chi connectivity index (χ2n) is 6.02. The zero-order chi connectivity index (χ0) is 14.7. The second-order valence-corrected chi connectivity index (χ2v) is 7.00. The minimum Gasteiger partial charge on any atom is -0.338 e. The van der Waals surface area contributed by atoms with E-state index in [1.165, 1.54) is 13.0 Å². The summed E-state index contributed by atoms with van der Waals surface area (Å²) < 4.78 is 0. The number of thiazole rings is 1. The number of urea groups is 1. The Kier molecular flexibility index (Phi) is 4.75. The lowest BCUT2D eigenvalue weighted by molar-refractivity contribution is 0.190. The SMILES string of the molecule is CCN1CC[C@@H](CNC(=O)N(Cc2nccs2)C2CC2)C1. The molecule has 0 unspecified atom stereocenters. The number of rotatable bonds is 6. The molecule has 1 aliphatic carbocycles. The van der Waals surface area contributed by atoms with E-state index in [9.17, 15) is 4.79 Å². The molecule has 5 nitrogen and oxygen atoms in total. The van der Waals surface area contributed by atoms with Gasteiger partial charge in [0.1, 0.15) is 5.01 Å². The fourth-order valence-electron chi connectivity index (χ4n) is 2.93. The average molecular weight is 308 g/mol. The third-order valence-electron chi connectivity index (χ3n) is 4.40. The molecule has 3 rings (SSSR count). The van der Waals surface area contributed by atoms with Gasteiger partial charge in [-0.2, -0.15) is 0 Å². The largest absolute Gasteiger partial charge is 0.338 e. The summed E-state index contributed by atoms with van der Waals surface area (Å²) in [5.74, 6) is 0.606.